The summed E-state index contributed by atoms with van der Waals surface area (Å²) in [6.45, 7) is 28.3. The first-order chi connectivity index (χ1) is 32.7. The van der Waals surface area contributed by atoms with Crippen molar-refractivity contribution in [1.82, 2.24) is 0 Å². The second-order valence-electron chi connectivity index (χ2n) is 24.7. The molecule has 3 heteroatoms. The van der Waals surface area contributed by atoms with Crippen molar-refractivity contribution >= 4 is 122 Å². The van der Waals surface area contributed by atoms with E-state index in [2.05, 4.69) is 245 Å². The van der Waals surface area contributed by atoms with Crippen LogP contribution in [0.25, 0.3) is 64.6 Å². The summed E-state index contributed by atoms with van der Waals surface area (Å²) in [4.78, 5) is 5.36. The summed E-state index contributed by atoms with van der Waals surface area (Å²) in [5, 5.41) is 15.7. The van der Waals surface area contributed by atoms with E-state index in [0.717, 1.165) is 0 Å². The van der Waals surface area contributed by atoms with E-state index in [4.69, 9.17) is 0 Å². The van der Waals surface area contributed by atoms with Crippen LogP contribution in [0.15, 0.2) is 152 Å². The highest BCUT2D eigenvalue weighted by atomic mass is 15.2. The van der Waals surface area contributed by atoms with Crippen LogP contribution in [0.4, 0.5) is 34.1 Å². The number of rotatable bonds is 2. The maximum Gasteiger partial charge on any atom is 0.252 e. The van der Waals surface area contributed by atoms with Crippen LogP contribution in [-0.4, -0.2) is 6.71 Å². The molecule has 0 unspecified atom stereocenters. The molecule has 0 saturated carbocycles. The van der Waals surface area contributed by atoms with Crippen LogP contribution in [-0.2, 0) is 21.7 Å². The fourth-order valence-electron chi connectivity index (χ4n) is 12.3. The minimum Gasteiger partial charge on any atom is -0.311 e. The van der Waals surface area contributed by atoms with Gasteiger partial charge in [0, 0.05) is 44.9 Å². The summed E-state index contributed by atoms with van der Waals surface area (Å²) >= 11 is 0. The third kappa shape index (κ3) is 6.11. The number of hydrogen-bond acceptors (Lipinski definition) is 2. The highest BCUT2D eigenvalue weighted by molar-refractivity contribution is 7.01. The molecule has 0 N–H and O–H groups in total. The van der Waals surface area contributed by atoms with E-state index in [1.807, 2.05) is 0 Å². The molecule has 11 aromatic rings. The Morgan fingerprint density at radius 2 is 0.638 bits per heavy atom. The third-order valence-corrected chi connectivity index (χ3v) is 16.0. The minimum atomic E-state index is -0.0610. The zero-order valence-electron chi connectivity index (χ0n) is 42.4. The molecule has 11 aromatic carbocycles. The zero-order chi connectivity index (χ0) is 47.8. The lowest BCUT2D eigenvalue weighted by Gasteiger charge is -2.45. The molecule has 2 aliphatic rings. The summed E-state index contributed by atoms with van der Waals surface area (Å²) in [5.74, 6) is 0. The molecule has 2 heterocycles. The van der Waals surface area contributed by atoms with Gasteiger partial charge >= 0.3 is 0 Å². The molecule has 0 atom stereocenters. The maximum atomic E-state index is 2.68. The van der Waals surface area contributed by atoms with Crippen molar-refractivity contribution in [3.8, 4) is 0 Å². The van der Waals surface area contributed by atoms with E-state index in [9.17, 15) is 0 Å². The molecule has 0 bridgehead atoms. The monoisotopic (exact) mass is 892 g/mol. The molecular formula is C66H61BN2. The molecule has 13 rings (SSSR count). The SMILES string of the molecule is CC(C)(C)c1cc(N2c3cccc4c3B(c3cc5ccc6cccc7ccc(c32)c5c67)c2cc3ccc5cccc6ccc(c2N4c2cc(C(C)(C)C)cc(C(C)(C)C)c2)c3c56)cc(C(C)(C)C)c1. The Bertz CT molecular complexity index is 3610. The quantitative estimate of drug-likeness (QED) is 0.126. The number of anilines is 6. The predicted octanol–water partition coefficient (Wildman–Crippen LogP) is 16.8. The molecule has 69 heavy (non-hydrogen) atoms. The summed E-state index contributed by atoms with van der Waals surface area (Å²) in [6, 6.07) is 59.9. The summed E-state index contributed by atoms with van der Waals surface area (Å²) in [7, 11) is 0. The number of benzene rings is 11. The van der Waals surface area contributed by atoms with Gasteiger partial charge in [-0.3, -0.25) is 0 Å². The first kappa shape index (κ1) is 42.3. The smallest absolute Gasteiger partial charge is 0.252 e. The van der Waals surface area contributed by atoms with Gasteiger partial charge in [0.1, 0.15) is 0 Å². The van der Waals surface area contributed by atoms with Crippen molar-refractivity contribution in [2.24, 2.45) is 0 Å². The minimum absolute atomic E-state index is 0.0432. The Labute approximate surface area is 408 Å². The van der Waals surface area contributed by atoms with E-state index < -0.39 is 0 Å². The molecule has 0 aromatic heterocycles. The Hall–Kier alpha value is -6.84. The molecule has 0 saturated heterocycles. The molecule has 2 nitrogen and oxygen atoms in total. The molecule has 0 aliphatic carbocycles. The molecule has 2 aliphatic heterocycles. The molecule has 0 radical (unpaired) electrons. The number of nitrogens with zero attached hydrogens (tertiary/aromatic N) is 2. The third-order valence-electron chi connectivity index (χ3n) is 16.0. The van der Waals surface area contributed by atoms with Gasteiger partial charge in [0.2, 0.25) is 0 Å². The van der Waals surface area contributed by atoms with Gasteiger partial charge in [0.15, 0.2) is 0 Å². The van der Waals surface area contributed by atoms with Crippen molar-refractivity contribution < 1.29 is 0 Å². The van der Waals surface area contributed by atoms with E-state index >= 15 is 0 Å². The van der Waals surface area contributed by atoms with Gasteiger partial charge in [0.05, 0.1) is 0 Å². The molecule has 0 fully saturated rings. The highest BCUT2D eigenvalue weighted by Gasteiger charge is 2.45. The molecular weight excluding hydrogens is 832 g/mol. The first-order valence-electron chi connectivity index (χ1n) is 25.2. The van der Waals surface area contributed by atoms with Crippen LogP contribution in [0.5, 0.6) is 0 Å². The Balaban J connectivity index is 1.23. The van der Waals surface area contributed by atoms with E-state index in [-0.39, 0.29) is 28.4 Å². The standard InChI is InChI=1S/C66H61BN2/c1-63(2,3)44-32-45(64(4,5)6)35-48(34-44)68-54-20-15-21-55-60(54)67(52-30-42-24-22-38-16-13-18-40-26-28-50(61(52)68)58(42)56(38)40)53-31-43-25-23-39-17-14-19-41-27-29-51(59(43)57(39)41)62(53)69(55)49-36-46(65(7,8)9)33-47(37-49)66(10,11)12/h13-37H,1-12H3. The van der Waals surface area contributed by atoms with Crippen LogP contribution < -0.4 is 26.2 Å². The van der Waals surface area contributed by atoms with Crippen molar-refractivity contribution in [3.05, 3.63) is 174 Å². The summed E-state index contributed by atoms with van der Waals surface area (Å²) in [5.41, 5.74) is 16.7. The fourth-order valence-corrected chi connectivity index (χ4v) is 12.3. The summed E-state index contributed by atoms with van der Waals surface area (Å²) in [6.07, 6.45) is 0. The predicted molar refractivity (Wildman–Crippen MR) is 303 cm³/mol. The Kier molecular flexibility index (Phi) is 8.52. The van der Waals surface area contributed by atoms with Gasteiger partial charge in [-0.2, -0.15) is 0 Å². The van der Waals surface area contributed by atoms with Gasteiger partial charge in [-0.25, -0.2) is 0 Å². The van der Waals surface area contributed by atoms with Crippen LogP contribution >= 0.6 is 0 Å². The summed E-state index contributed by atoms with van der Waals surface area (Å²) < 4.78 is 0. The maximum absolute atomic E-state index is 2.68. The van der Waals surface area contributed by atoms with E-state index in [1.165, 1.54) is 137 Å². The van der Waals surface area contributed by atoms with Crippen molar-refractivity contribution in [2.75, 3.05) is 9.80 Å². The second kappa shape index (κ2) is 13.9. The zero-order valence-corrected chi connectivity index (χ0v) is 42.4. The first-order valence-corrected chi connectivity index (χ1v) is 25.2. The molecule has 0 amide bonds. The second-order valence-corrected chi connectivity index (χ2v) is 24.7. The largest absolute Gasteiger partial charge is 0.311 e. The normalized spacial score (nSPS) is 14.3. The Morgan fingerprint density at radius 1 is 0.319 bits per heavy atom. The van der Waals surface area contributed by atoms with Gasteiger partial charge < -0.3 is 9.80 Å². The van der Waals surface area contributed by atoms with Gasteiger partial charge in [-0.15, -0.1) is 0 Å². The van der Waals surface area contributed by atoms with Gasteiger partial charge in [-0.05, 0) is 151 Å². The highest BCUT2D eigenvalue weighted by Crippen LogP contribution is 2.52. The van der Waals surface area contributed by atoms with E-state index in [0.29, 0.717) is 0 Å². The van der Waals surface area contributed by atoms with Crippen molar-refractivity contribution in [2.45, 2.75) is 105 Å². The number of hydrogen-bond donors (Lipinski definition) is 0. The topological polar surface area (TPSA) is 6.48 Å². The van der Waals surface area contributed by atoms with E-state index in [1.54, 1.807) is 0 Å². The Morgan fingerprint density at radius 3 is 0.986 bits per heavy atom. The van der Waals surface area contributed by atoms with Crippen molar-refractivity contribution in [3.63, 3.8) is 0 Å². The van der Waals surface area contributed by atoms with Crippen LogP contribution in [0.1, 0.15) is 105 Å². The van der Waals surface area contributed by atoms with Crippen LogP contribution in [0.3, 0.4) is 0 Å². The molecule has 0 spiro atoms. The lowest BCUT2D eigenvalue weighted by molar-refractivity contribution is 0.568. The molecule has 338 valence electrons. The number of fused-ring (bicyclic) bond motifs is 6. The van der Waals surface area contributed by atoms with Gasteiger partial charge in [0.25, 0.3) is 6.71 Å². The lowest BCUT2D eigenvalue weighted by Crippen LogP contribution is -2.61. The lowest BCUT2D eigenvalue weighted by atomic mass is 9.33. The van der Waals surface area contributed by atoms with Crippen LogP contribution in [0, 0.1) is 0 Å². The van der Waals surface area contributed by atoms with Crippen molar-refractivity contribution in [1.29, 1.82) is 0 Å². The van der Waals surface area contributed by atoms with Crippen LogP contribution in [0.2, 0.25) is 0 Å². The fraction of sp³-hybridized carbons (Fsp3) is 0.242. The average Bonchev–Trinajstić information content (AvgIpc) is 3.30. The van der Waals surface area contributed by atoms with Gasteiger partial charge in [-0.1, -0.05) is 198 Å². The average molecular weight is 893 g/mol.